The van der Waals surface area contributed by atoms with Crippen molar-refractivity contribution in [2.75, 3.05) is 24.6 Å². The number of hydrazone groups is 1. The molecule has 23 heavy (non-hydrogen) atoms. The predicted molar refractivity (Wildman–Crippen MR) is 87.4 cm³/mol. The molecule has 2 N–H and O–H groups in total. The van der Waals surface area contributed by atoms with Crippen LogP contribution in [-0.2, 0) is 4.79 Å². The summed E-state index contributed by atoms with van der Waals surface area (Å²) in [6.45, 7) is 4.14. The van der Waals surface area contributed by atoms with Gasteiger partial charge in [0.15, 0.2) is 0 Å². The molecular weight excluding hydrogens is 362 g/mol. The third-order valence-electron chi connectivity index (χ3n) is 4.45. The van der Waals surface area contributed by atoms with Gasteiger partial charge in [-0.2, -0.15) is 0 Å². The zero-order valence-electron chi connectivity index (χ0n) is 12.7. The van der Waals surface area contributed by atoms with Crippen molar-refractivity contribution in [3.05, 3.63) is 17.9 Å². The molecule has 0 bridgehead atoms. The molecule has 0 spiro atoms. The zero-order valence-corrected chi connectivity index (χ0v) is 14.8. The SMILES string of the molecule is CC1C(=O)NN=C2COc3cc(F)c([AsH]CC4CNC4)cc3N21. The number of halogens is 1. The van der Waals surface area contributed by atoms with Crippen molar-refractivity contribution >= 4 is 37.5 Å². The van der Waals surface area contributed by atoms with Crippen molar-refractivity contribution in [3.8, 4) is 5.75 Å². The van der Waals surface area contributed by atoms with E-state index in [2.05, 4.69) is 15.8 Å². The van der Waals surface area contributed by atoms with Gasteiger partial charge in [0, 0.05) is 0 Å². The van der Waals surface area contributed by atoms with Gasteiger partial charge in [0.25, 0.3) is 0 Å². The number of ether oxygens (including phenoxy) is 1. The number of anilines is 1. The molecule has 0 aromatic heterocycles. The van der Waals surface area contributed by atoms with E-state index in [4.69, 9.17) is 4.74 Å². The van der Waals surface area contributed by atoms with E-state index in [-0.39, 0.29) is 24.4 Å². The Labute approximate surface area is 140 Å². The van der Waals surface area contributed by atoms with E-state index >= 15 is 0 Å². The second-order valence-electron chi connectivity index (χ2n) is 6.04. The van der Waals surface area contributed by atoms with Gasteiger partial charge in [0.05, 0.1) is 0 Å². The molecule has 1 amide bonds. The van der Waals surface area contributed by atoms with Crippen LogP contribution in [0.2, 0.25) is 5.21 Å². The maximum atomic E-state index is 14.4. The summed E-state index contributed by atoms with van der Waals surface area (Å²) in [5.74, 6) is 1.47. The molecular formula is C15H18AsFN4O2. The van der Waals surface area contributed by atoms with Gasteiger partial charge in [-0.15, -0.1) is 0 Å². The van der Waals surface area contributed by atoms with Crippen LogP contribution < -0.4 is 24.7 Å². The first kappa shape index (κ1) is 15.0. The summed E-state index contributed by atoms with van der Waals surface area (Å²) in [5.41, 5.74) is 3.25. The van der Waals surface area contributed by atoms with Crippen molar-refractivity contribution < 1.29 is 13.9 Å². The van der Waals surface area contributed by atoms with Crippen LogP contribution in [-0.4, -0.2) is 53.2 Å². The third kappa shape index (κ3) is 2.62. The van der Waals surface area contributed by atoms with Crippen molar-refractivity contribution in [3.63, 3.8) is 0 Å². The molecule has 122 valence electrons. The molecule has 8 heteroatoms. The number of carbonyl (C=O) groups excluding carboxylic acids is 1. The molecule has 0 saturated carbocycles. The Hall–Kier alpha value is -1.59. The van der Waals surface area contributed by atoms with Gasteiger partial charge in [-0.25, -0.2) is 0 Å². The molecule has 1 fully saturated rings. The van der Waals surface area contributed by atoms with Crippen molar-refractivity contribution in [2.45, 2.75) is 18.2 Å². The van der Waals surface area contributed by atoms with E-state index in [1.54, 1.807) is 0 Å². The van der Waals surface area contributed by atoms with E-state index in [1.165, 1.54) is 6.07 Å². The van der Waals surface area contributed by atoms with Crippen LogP contribution in [0.4, 0.5) is 10.1 Å². The fourth-order valence-corrected chi connectivity index (χ4v) is 5.61. The van der Waals surface area contributed by atoms with Gasteiger partial charge >= 0.3 is 140 Å². The average Bonchev–Trinajstić information content (AvgIpc) is 2.49. The minimum absolute atomic E-state index is 0.163. The molecule has 4 rings (SSSR count). The topological polar surface area (TPSA) is 66.0 Å². The Morgan fingerprint density at radius 1 is 1.48 bits per heavy atom. The molecule has 1 aromatic rings. The van der Waals surface area contributed by atoms with E-state index in [0.29, 0.717) is 17.5 Å². The minimum atomic E-state index is -0.544. The Morgan fingerprint density at radius 3 is 3.04 bits per heavy atom. The molecule has 3 aliphatic heterocycles. The Morgan fingerprint density at radius 2 is 2.30 bits per heavy atom. The molecule has 6 nitrogen and oxygen atoms in total. The third-order valence-corrected chi connectivity index (χ3v) is 7.69. The molecule has 2 atom stereocenters. The summed E-state index contributed by atoms with van der Waals surface area (Å²) in [6, 6.07) is 2.95. The summed E-state index contributed by atoms with van der Waals surface area (Å²) in [7, 11) is 0. The fourth-order valence-electron chi connectivity index (χ4n) is 2.93. The molecule has 0 radical (unpaired) electrons. The molecule has 0 aliphatic carbocycles. The second-order valence-corrected chi connectivity index (χ2v) is 8.77. The van der Waals surface area contributed by atoms with Gasteiger partial charge in [-0.05, 0) is 0 Å². The summed E-state index contributed by atoms with van der Waals surface area (Å²) < 4.78 is 20.8. The van der Waals surface area contributed by atoms with E-state index < -0.39 is 15.8 Å². The van der Waals surface area contributed by atoms with Crippen molar-refractivity contribution in [1.82, 2.24) is 10.7 Å². The Bertz CT molecular complexity index is 692. The molecule has 1 saturated heterocycles. The Balaban J connectivity index is 1.66. The zero-order chi connectivity index (χ0) is 16.0. The monoisotopic (exact) mass is 380 g/mol. The van der Waals surface area contributed by atoms with Gasteiger partial charge in [-0.3, -0.25) is 0 Å². The van der Waals surface area contributed by atoms with Gasteiger partial charge in [-0.1, -0.05) is 0 Å². The first-order valence-corrected chi connectivity index (χ1v) is 10.2. The van der Waals surface area contributed by atoms with Gasteiger partial charge in [0.1, 0.15) is 0 Å². The van der Waals surface area contributed by atoms with Crippen LogP contribution in [0.1, 0.15) is 6.92 Å². The molecule has 3 aliphatic rings. The number of hydrogen-bond acceptors (Lipinski definition) is 5. The van der Waals surface area contributed by atoms with Crippen molar-refractivity contribution in [2.24, 2.45) is 11.0 Å². The normalized spacial score (nSPS) is 23.7. The first-order valence-electron chi connectivity index (χ1n) is 7.70. The number of amidine groups is 1. The van der Waals surface area contributed by atoms with Crippen molar-refractivity contribution in [1.29, 1.82) is 0 Å². The standard InChI is InChI=1S/C15H18AsFN4O2/c1-8-15(22)20-19-14-7-23-13-3-11(17)10(2-12(13)21(8)14)16-4-9-5-18-6-9/h2-3,8-9,16,18H,4-7H2,1H3,(H,20,22). The van der Waals surface area contributed by atoms with Crippen LogP contribution in [0.5, 0.6) is 5.75 Å². The van der Waals surface area contributed by atoms with E-state index in [0.717, 1.165) is 28.3 Å². The van der Waals surface area contributed by atoms with Crippen LogP contribution in [0, 0.1) is 11.7 Å². The molecule has 3 heterocycles. The summed E-state index contributed by atoms with van der Waals surface area (Å²) in [4.78, 5) is 13.8. The second kappa shape index (κ2) is 5.80. The van der Waals surface area contributed by atoms with Crippen LogP contribution in [0.3, 0.4) is 0 Å². The van der Waals surface area contributed by atoms with Crippen LogP contribution in [0.15, 0.2) is 17.2 Å². The maximum absolute atomic E-state index is 14.4. The van der Waals surface area contributed by atoms with E-state index in [9.17, 15) is 9.18 Å². The number of amides is 1. The van der Waals surface area contributed by atoms with Crippen LogP contribution in [0.25, 0.3) is 0 Å². The number of nitrogens with zero attached hydrogens (tertiary/aromatic N) is 2. The van der Waals surface area contributed by atoms with Gasteiger partial charge in [0.2, 0.25) is 0 Å². The number of fused-ring (bicyclic) bond motifs is 3. The summed E-state index contributed by atoms with van der Waals surface area (Å²) >= 11 is -0.544. The number of hydrogen-bond donors (Lipinski definition) is 2. The van der Waals surface area contributed by atoms with E-state index in [1.807, 2.05) is 17.9 Å². The molecule has 2 unspecified atom stereocenters. The first-order chi connectivity index (χ1) is 11.1. The Kier molecular flexibility index (Phi) is 3.77. The number of nitrogens with one attached hydrogen (secondary N) is 2. The number of benzene rings is 1. The summed E-state index contributed by atoms with van der Waals surface area (Å²) in [6.07, 6.45) is 0. The molecule has 1 aromatic carbocycles. The quantitative estimate of drug-likeness (QED) is 0.698. The fraction of sp³-hybridized carbons (Fsp3) is 0.467. The predicted octanol–water partition coefficient (Wildman–Crippen LogP) is -0.444. The van der Waals surface area contributed by atoms with Crippen LogP contribution >= 0.6 is 0 Å². The number of carbonyl (C=O) groups is 1. The van der Waals surface area contributed by atoms with Gasteiger partial charge < -0.3 is 0 Å². The average molecular weight is 380 g/mol. The summed E-state index contributed by atoms with van der Waals surface area (Å²) in [5, 5.41) is 8.39. The number of rotatable bonds is 3.